The van der Waals surface area contributed by atoms with Crippen molar-refractivity contribution in [2.45, 2.75) is 43.7 Å². The van der Waals surface area contributed by atoms with Gasteiger partial charge in [-0.2, -0.15) is 0 Å². The Morgan fingerprint density at radius 2 is 2.05 bits per heavy atom. The van der Waals surface area contributed by atoms with Gasteiger partial charge < -0.3 is 15.2 Å². The molecule has 19 heavy (non-hydrogen) atoms. The largest absolute Gasteiger partial charge is 0.467 e. The molecule has 106 valence electrons. The third-order valence-electron chi connectivity index (χ3n) is 3.79. The monoisotopic (exact) mass is 270 g/mol. The summed E-state index contributed by atoms with van der Waals surface area (Å²) in [6.45, 7) is 0.825. The number of hydrogen-bond donors (Lipinski definition) is 2. The zero-order valence-corrected chi connectivity index (χ0v) is 11.1. The Morgan fingerprint density at radius 1 is 1.47 bits per heavy atom. The van der Waals surface area contributed by atoms with Crippen LogP contribution < -0.4 is 5.32 Å². The fourth-order valence-corrected chi connectivity index (χ4v) is 2.73. The van der Waals surface area contributed by atoms with Crippen molar-refractivity contribution in [3.63, 3.8) is 0 Å². The summed E-state index contributed by atoms with van der Waals surface area (Å²) in [5, 5.41) is 12.6. The smallest absolute Gasteiger partial charge is 0.339 e. The molecule has 7 nitrogen and oxygen atoms in total. The average molecular weight is 270 g/mol. The topological polar surface area (TPSA) is 95.9 Å². The SMILES string of the molecule is COC(=O)C(C)(O)CN1C(=O)NC2(CCCC2)C1=O. The maximum absolute atomic E-state index is 12.3. The number of imide groups is 1. The van der Waals surface area contributed by atoms with Crippen LogP contribution in [0.1, 0.15) is 32.6 Å². The molecule has 7 heteroatoms. The molecule has 1 heterocycles. The van der Waals surface area contributed by atoms with Gasteiger partial charge >= 0.3 is 12.0 Å². The molecule has 1 spiro atoms. The van der Waals surface area contributed by atoms with Crippen molar-refractivity contribution in [3.8, 4) is 0 Å². The van der Waals surface area contributed by atoms with E-state index in [1.807, 2.05) is 0 Å². The summed E-state index contributed by atoms with van der Waals surface area (Å²) in [5.74, 6) is -1.24. The highest BCUT2D eigenvalue weighted by molar-refractivity contribution is 6.07. The maximum Gasteiger partial charge on any atom is 0.339 e. The molecule has 0 aromatic rings. The molecule has 2 N–H and O–H groups in total. The van der Waals surface area contributed by atoms with Crippen LogP contribution in [0, 0.1) is 0 Å². The zero-order valence-electron chi connectivity index (χ0n) is 11.1. The zero-order chi connectivity index (χ0) is 14.3. The third kappa shape index (κ3) is 2.18. The second-order valence-electron chi connectivity index (χ2n) is 5.38. The number of urea groups is 1. The number of β-amino-alcohol motifs (C(OH)–C–C–N with tert-alkyl or cyclic N) is 1. The van der Waals surface area contributed by atoms with E-state index in [2.05, 4.69) is 10.1 Å². The van der Waals surface area contributed by atoms with Gasteiger partial charge in [-0.05, 0) is 19.8 Å². The molecule has 0 aromatic carbocycles. The summed E-state index contributed by atoms with van der Waals surface area (Å²) in [6, 6.07) is -0.559. The fourth-order valence-electron chi connectivity index (χ4n) is 2.73. The molecule has 1 atom stereocenters. The van der Waals surface area contributed by atoms with Gasteiger partial charge in [0.05, 0.1) is 13.7 Å². The molecule has 0 radical (unpaired) electrons. The van der Waals surface area contributed by atoms with E-state index in [0.717, 1.165) is 24.9 Å². The second kappa shape index (κ2) is 4.48. The van der Waals surface area contributed by atoms with Crippen LogP contribution in [-0.2, 0) is 14.3 Å². The van der Waals surface area contributed by atoms with E-state index in [9.17, 15) is 19.5 Å². The normalized spacial score (nSPS) is 24.5. The van der Waals surface area contributed by atoms with Crippen molar-refractivity contribution in [2.24, 2.45) is 0 Å². The number of carbonyl (C=O) groups excluding carboxylic acids is 3. The van der Waals surface area contributed by atoms with Gasteiger partial charge in [-0.3, -0.25) is 9.69 Å². The van der Waals surface area contributed by atoms with Crippen LogP contribution in [0.5, 0.6) is 0 Å². The van der Waals surface area contributed by atoms with Gasteiger partial charge in [-0.25, -0.2) is 9.59 Å². The van der Waals surface area contributed by atoms with Crippen molar-refractivity contribution in [3.05, 3.63) is 0 Å². The lowest BCUT2D eigenvalue weighted by atomic mass is 9.97. The van der Waals surface area contributed by atoms with Gasteiger partial charge in [-0.1, -0.05) is 12.8 Å². The van der Waals surface area contributed by atoms with Crippen LogP contribution in [0.25, 0.3) is 0 Å². The first kappa shape index (κ1) is 13.8. The predicted octanol–water partition coefficient (Wildman–Crippen LogP) is -0.225. The minimum Gasteiger partial charge on any atom is -0.467 e. The molecule has 2 fully saturated rings. The number of hydrogen-bond acceptors (Lipinski definition) is 5. The van der Waals surface area contributed by atoms with Crippen molar-refractivity contribution < 1.29 is 24.2 Å². The Bertz CT molecular complexity index is 426. The summed E-state index contributed by atoms with van der Waals surface area (Å²) in [4.78, 5) is 36.5. The van der Waals surface area contributed by atoms with Gasteiger partial charge in [0, 0.05) is 0 Å². The maximum atomic E-state index is 12.3. The number of ether oxygens (including phenoxy) is 1. The Balaban J connectivity index is 2.15. The lowest BCUT2D eigenvalue weighted by Crippen LogP contribution is -2.50. The van der Waals surface area contributed by atoms with Crippen LogP contribution >= 0.6 is 0 Å². The molecule has 2 rings (SSSR count). The van der Waals surface area contributed by atoms with Crippen LogP contribution in [0.15, 0.2) is 0 Å². The Labute approximate surface area is 110 Å². The van der Waals surface area contributed by atoms with Crippen molar-refractivity contribution in [2.75, 3.05) is 13.7 Å². The van der Waals surface area contributed by atoms with Gasteiger partial charge in [0.1, 0.15) is 5.54 Å². The van der Waals surface area contributed by atoms with E-state index in [-0.39, 0.29) is 5.91 Å². The first-order chi connectivity index (χ1) is 8.82. The van der Waals surface area contributed by atoms with Gasteiger partial charge in [0.2, 0.25) is 0 Å². The molecule has 0 bridgehead atoms. The quantitative estimate of drug-likeness (QED) is 0.546. The molecular formula is C12H18N2O5. The molecule has 0 aromatic heterocycles. The van der Waals surface area contributed by atoms with Gasteiger partial charge in [0.25, 0.3) is 5.91 Å². The highest BCUT2D eigenvalue weighted by atomic mass is 16.5. The van der Waals surface area contributed by atoms with E-state index < -0.39 is 29.7 Å². The molecule has 2 aliphatic rings. The van der Waals surface area contributed by atoms with E-state index in [1.165, 1.54) is 6.92 Å². The number of nitrogens with zero attached hydrogens (tertiary/aromatic N) is 1. The van der Waals surface area contributed by atoms with E-state index in [0.29, 0.717) is 12.8 Å². The van der Waals surface area contributed by atoms with Crippen LogP contribution in [0.4, 0.5) is 4.79 Å². The molecular weight excluding hydrogens is 252 g/mol. The lowest BCUT2D eigenvalue weighted by Gasteiger charge is -2.25. The summed E-state index contributed by atoms with van der Waals surface area (Å²) in [7, 11) is 1.14. The van der Waals surface area contributed by atoms with Gasteiger partial charge in [0.15, 0.2) is 5.60 Å². The van der Waals surface area contributed by atoms with Crippen molar-refractivity contribution in [1.82, 2.24) is 10.2 Å². The Kier molecular flexibility index (Phi) is 3.25. The Morgan fingerprint density at radius 3 is 2.58 bits per heavy atom. The molecule has 1 aliphatic heterocycles. The summed E-state index contributed by atoms with van der Waals surface area (Å²) < 4.78 is 4.45. The second-order valence-corrected chi connectivity index (χ2v) is 5.38. The number of amides is 3. The first-order valence-electron chi connectivity index (χ1n) is 6.27. The number of esters is 1. The minimum atomic E-state index is -1.90. The number of methoxy groups -OCH3 is 1. The third-order valence-corrected chi connectivity index (χ3v) is 3.79. The summed E-state index contributed by atoms with van der Waals surface area (Å²) in [6.07, 6.45) is 2.98. The predicted molar refractivity (Wildman–Crippen MR) is 64.1 cm³/mol. The number of carbonyl (C=O) groups is 3. The summed E-state index contributed by atoms with van der Waals surface area (Å²) in [5.41, 5.74) is -2.73. The number of nitrogens with one attached hydrogen (secondary N) is 1. The molecule has 1 saturated carbocycles. The van der Waals surface area contributed by atoms with E-state index in [4.69, 9.17) is 0 Å². The van der Waals surface area contributed by atoms with Crippen LogP contribution in [0.2, 0.25) is 0 Å². The number of aliphatic hydroxyl groups is 1. The van der Waals surface area contributed by atoms with Crippen molar-refractivity contribution >= 4 is 17.9 Å². The van der Waals surface area contributed by atoms with Crippen LogP contribution in [0.3, 0.4) is 0 Å². The molecule has 1 unspecified atom stereocenters. The fraction of sp³-hybridized carbons (Fsp3) is 0.750. The summed E-state index contributed by atoms with van der Waals surface area (Å²) >= 11 is 0. The molecule has 1 saturated heterocycles. The Hall–Kier alpha value is -1.63. The van der Waals surface area contributed by atoms with Crippen molar-refractivity contribution in [1.29, 1.82) is 0 Å². The lowest BCUT2D eigenvalue weighted by molar-refractivity contribution is -0.162. The minimum absolute atomic E-state index is 0.362. The molecule has 1 aliphatic carbocycles. The highest BCUT2D eigenvalue weighted by Gasteiger charge is 2.54. The van der Waals surface area contributed by atoms with E-state index in [1.54, 1.807) is 0 Å². The standard InChI is InChI=1S/C12H18N2O5/c1-11(18,9(16)19-2)7-14-8(15)12(13-10(14)17)5-3-4-6-12/h18H,3-7H2,1-2H3,(H,13,17). The van der Waals surface area contributed by atoms with Gasteiger partial charge in [-0.15, -0.1) is 0 Å². The number of rotatable bonds is 3. The first-order valence-corrected chi connectivity index (χ1v) is 6.27. The highest BCUT2D eigenvalue weighted by Crippen LogP contribution is 2.35. The van der Waals surface area contributed by atoms with E-state index >= 15 is 0 Å². The van der Waals surface area contributed by atoms with Crippen LogP contribution in [-0.4, -0.2) is 52.7 Å². The average Bonchev–Trinajstić information content (AvgIpc) is 2.90. The molecule has 3 amide bonds.